The Morgan fingerprint density at radius 3 is 2.68 bits per heavy atom. The minimum Gasteiger partial charge on any atom is -0.380 e. The summed E-state index contributed by atoms with van der Waals surface area (Å²) < 4.78 is 5.55. The van der Waals surface area contributed by atoms with Gasteiger partial charge in [0.1, 0.15) is 0 Å². The van der Waals surface area contributed by atoms with Gasteiger partial charge in [0.05, 0.1) is 13.2 Å². The Kier molecular flexibility index (Phi) is 5.62. The molecule has 0 aromatic heterocycles. The number of hydrogen-bond acceptors (Lipinski definition) is 2. The van der Waals surface area contributed by atoms with Gasteiger partial charge in [0, 0.05) is 12.6 Å². The second kappa shape index (κ2) is 7.46. The largest absolute Gasteiger partial charge is 0.380 e. The summed E-state index contributed by atoms with van der Waals surface area (Å²) in [7, 11) is 0. The van der Waals surface area contributed by atoms with Crippen molar-refractivity contribution in [3.8, 4) is 0 Å². The molecule has 2 heteroatoms. The van der Waals surface area contributed by atoms with Crippen LogP contribution in [0, 0.1) is 12.8 Å². The van der Waals surface area contributed by atoms with Gasteiger partial charge in [0.2, 0.25) is 0 Å². The van der Waals surface area contributed by atoms with Gasteiger partial charge in [-0.2, -0.15) is 0 Å². The second-order valence-corrected chi connectivity index (χ2v) is 5.37. The van der Waals surface area contributed by atoms with E-state index in [2.05, 4.69) is 43.1 Å². The number of ether oxygens (including phenoxy) is 1. The van der Waals surface area contributed by atoms with Gasteiger partial charge in [-0.15, -0.1) is 6.58 Å². The molecule has 0 heterocycles. The lowest BCUT2D eigenvalue weighted by Gasteiger charge is -2.19. The molecule has 0 saturated heterocycles. The van der Waals surface area contributed by atoms with E-state index >= 15 is 0 Å². The van der Waals surface area contributed by atoms with Crippen LogP contribution in [-0.2, 0) is 4.74 Å². The highest BCUT2D eigenvalue weighted by atomic mass is 16.5. The second-order valence-electron chi connectivity index (χ2n) is 5.37. The zero-order valence-corrected chi connectivity index (χ0v) is 11.9. The topological polar surface area (TPSA) is 21.3 Å². The van der Waals surface area contributed by atoms with Gasteiger partial charge in [-0.05, 0) is 37.7 Å². The van der Waals surface area contributed by atoms with Crippen molar-refractivity contribution >= 4 is 0 Å². The Morgan fingerprint density at radius 1 is 1.32 bits per heavy atom. The molecule has 0 aliphatic heterocycles. The molecule has 1 aliphatic rings. The quantitative estimate of drug-likeness (QED) is 0.540. The molecule has 1 aromatic rings. The van der Waals surface area contributed by atoms with Gasteiger partial charge in [-0.3, -0.25) is 0 Å². The van der Waals surface area contributed by atoms with Crippen LogP contribution < -0.4 is 5.32 Å². The van der Waals surface area contributed by atoms with Gasteiger partial charge in [-0.25, -0.2) is 0 Å². The molecule has 0 amide bonds. The Bertz CT molecular complexity index is 381. The van der Waals surface area contributed by atoms with Crippen LogP contribution in [0.25, 0.3) is 0 Å². The molecule has 1 atom stereocenters. The van der Waals surface area contributed by atoms with E-state index in [4.69, 9.17) is 4.74 Å². The number of hydrogen-bond donors (Lipinski definition) is 1. The normalized spacial score (nSPS) is 16.3. The van der Waals surface area contributed by atoms with Crippen LogP contribution in [-0.4, -0.2) is 19.8 Å². The van der Waals surface area contributed by atoms with Gasteiger partial charge in [0.15, 0.2) is 0 Å². The lowest BCUT2D eigenvalue weighted by atomic mass is 10.0. The van der Waals surface area contributed by atoms with Crippen LogP contribution in [0.4, 0.5) is 0 Å². The van der Waals surface area contributed by atoms with Gasteiger partial charge >= 0.3 is 0 Å². The van der Waals surface area contributed by atoms with E-state index in [1.54, 1.807) is 0 Å². The van der Waals surface area contributed by atoms with Crippen molar-refractivity contribution < 1.29 is 4.74 Å². The lowest BCUT2D eigenvalue weighted by Crippen LogP contribution is -2.27. The summed E-state index contributed by atoms with van der Waals surface area (Å²) in [5.74, 6) is 0.816. The fraction of sp³-hybridized carbons (Fsp3) is 0.529. The number of rotatable bonds is 9. The molecule has 19 heavy (non-hydrogen) atoms. The predicted octanol–water partition coefficient (Wildman–Crippen LogP) is 3.63. The first-order valence-electron chi connectivity index (χ1n) is 7.30. The van der Waals surface area contributed by atoms with E-state index < -0.39 is 0 Å². The summed E-state index contributed by atoms with van der Waals surface area (Å²) in [6.45, 7) is 8.31. The maximum Gasteiger partial charge on any atom is 0.0591 e. The van der Waals surface area contributed by atoms with Crippen LogP contribution in [0.15, 0.2) is 36.9 Å². The predicted molar refractivity (Wildman–Crippen MR) is 80.3 cm³/mol. The monoisotopic (exact) mass is 259 g/mol. The van der Waals surface area contributed by atoms with Crippen molar-refractivity contribution in [3.63, 3.8) is 0 Å². The Hall–Kier alpha value is -1.12. The SMILES string of the molecule is C=CCCOCCNC(c1ccc(C)cc1)C1CC1. The third-order valence-corrected chi connectivity index (χ3v) is 3.61. The molecule has 1 unspecified atom stereocenters. The van der Waals surface area contributed by atoms with Crippen molar-refractivity contribution in [2.45, 2.75) is 32.2 Å². The fourth-order valence-corrected chi connectivity index (χ4v) is 2.32. The molecular weight excluding hydrogens is 234 g/mol. The maximum absolute atomic E-state index is 5.55. The van der Waals surface area contributed by atoms with E-state index in [1.165, 1.54) is 24.0 Å². The molecule has 0 radical (unpaired) electrons. The highest BCUT2D eigenvalue weighted by Crippen LogP contribution is 2.40. The highest BCUT2D eigenvalue weighted by molar-refractivity contribution is 5.25. The minimum absolute atomic E-state index is 0.503. The van der Waals surface area contributed by atoms with E-state index in [1.807, 2.05) is 6.08 Å². The summed E-state index contributed by atoms with van der Waals surface area (Å²) in [6.07, 6.45) is 5.53. The minimum atomic E-state index is 0.503. The van der Waals surface area contributed by atoms with Gasteiger partial charge in [-0.1, -0.05) is 35.9 Å². The zero-order chi connectivity index (χ0) is 13.5. The van der Waals surface area contributed by atoms with Crippen LogP contribution in [0.1, 0.15) is 36.4 Å². The molecular formula is C17H25NO. The summed E-state index contributed by atoms with van der Waals surface area (Å²) in [6, 6.07) is 9.41. The first-order valence-corrected chi connectivity index (χ1v) is 7.30. The first kappa shape index (κ1) is 14.3. The molecule has 1 saturated carbocycles. The van der Waals surface area contributed by atoms with Crippen LogP contribution in [0.2, 0.25) is 0 Å². The molecule has 0 spiro atoms. The maximum atomic E-state index is 5.55. The highest BCUT2D eigenvalue weighted by Gasteiger charge is 2.31. The summed E-state index contributed by atoms with van der Waals surface area (Å²) in [4.78, 5) is 0. The smallest absolute Gasteiger partial charge is 0.0591 e. The fourth-order valence-electron chi connectivity index (χ4n) is 2.32. The van der Waals surface area contributed by atoms with E-state index in [0.29, 0.717) is 6.04 Å². The molecule has 1 aliphatic carbocycles. The molecule has 1 fully saturated rings. The van der Waals surface area contributed by atoms with Crippen molar-refractivity contribution in [1.82, 2.24) is 5.32 Å². The Labute approximate surface area is 116 Å². The van der Waals surface area contributed by atoms with Crippen molar-refractivity contribution in [2.24, 2.45) is 5.92 Å². The summed E-state index contributed by atoms with van der Waals surface area (Å²) in [5.41, 5.74) is 2.74. The molecule has 104 valence electrons. The third-order valence-electron chi connectivity index (χ3n) is 3.61. The molecule has 2 nitrogen and oxygen atoms in total. The van der Waals surface area contributed by atoms with Crippen molar-refractivity contribution in [2.75, 3.05) is 19.8 Å². The van der Waals surface area contributed by atoms with Crippen molar-refractivity contribution in [3.05, 3.63) is 48.0 Å². The van der Waals surface area contributed by atoms with Crippen LogP contribution in [0.5, 0.6) is 0 Å². The third kappa shape index (κ3) is 4.81. The summed E-state index contributed by atoms with van der Waals surface area (Å²) >= 11 is 0. The van der Waals surface area contributed by atoms with E-state index in [9.17, 15) is 0 Å². The number of nitrogens with one attached hydrogen (secondary N) is 1. The summed E-state index contributed by atoms with van der Waals surface area (Å²) in [5, 5.41) is 3.64. The van der Waals surface area contributed by atoms with Crippen LogP contribution >= 0.6 is 0 Å². The standard InChI is InChI=1S/C17H25NO/c1-3-4-12-19-13-11-18-17(16-9-10-16)15-7-5-14(2)6-8-15/h3,5-8,16-18H,1,4,9-13H2,2H3. The van der Waals surface area contributed by atoms with Gasteiger partial charge in [0.25, 0.3) is 0 Å². The molecule has 1 aromatic carbocycles. The average molecular weight is 259 g/mol. The Morgan fingerprint density at radius 2 is 2.05 bits per heavy atom. The number of benzene rings is 1. The first-order chi connectivity index (χ1) is 9.31. The molecule has 2 rings (SSSR count). The Balaban J connectivity index is 1.77. The lowest BCUT2D eigenvalue weighted by molar-refractivity contribution is 0.137. The number of aryl methyl sites for hydroxylation is 1. The van der Waals surface area contributed by atoms with E-state index in [0.717, 1.165) is 32.1 Å². The van der Waals surface area contributed by atoms with Gasteiger partial charge < -0.3 is 10.1 Å². The molecule has 0 bridgehead atoms. The van der Waals surface area contributed by atoms with Crippen LogP contribution in [0.3, 0.4) is 0 Å². The van der Waals surface area contributed by atoms with Crippen molar-refractivity contribution in [1.29, 1.82) is 0 Å². The zero-order valence-electron chi connectivity index (χ0n) is 11.9. The van der Waals surface area contributed by atoms with E-state index in [-0.39, 0.29) is 0 Å². The average Bonchev–Trinajstić information content (AvgIpc) is 3.24. The molecule has 1 N–H and O–H groups in total.